The van der Waals surface area contributed by atoms with Crippen molar-refractivity contribution < 1.29 is 24.3 Å². The number of hydrogen-bond acceptors (Lipinski definition) is 6. The Morgan fingerprint density at radius 3 is 2.63 bits per heavy atom. The highest BCUT2D eigenvalue weighted by molar-refractivity contribution is 6.30. The molecule has 0 aromatic heterocycles. The van der Waals surface area contributed by atoms with Crippen LogP contribution in [0.4, 0.5) is 5.69 Å². The van der Waals surface area contributed by atoms with E-state index in [0.29, 0.717) is 11.4 Å². The number of rotatable bonds is 6. The van der Waals surface area contributed by atoms with Crippen molar-refractivity contribution in [1.82, 2.24) is 0 Å². The number of halogens is 1. The molecule has 30 heavy (non-hydrogen) atoms. The predicted molar refractivity (Wildman–Crippen MR) is 112 cm³/mol. The summed E-state index contributed by atoms with van der Waals surface area (Å²) in [6, 6.07) is 9.47. The van der Waals surface area contributed by atoms with Gasteiger partial charge < -0.3 is 14.6 Å². The minimum absolute atomic E-state index is 0.0301. The van der Waals surface area contributed by atoms with Gasteiger partial charge in [-0.1, -0.05) is 17.7 Å². The van der Waals surface area contributed by atoms with Gasteiger partial charge in [0.25, 0.3) is 0 Å². The van der Waals surface area contributed by atoms with Gasteiger partial charge in [-0.05, 0) is 69.0 Å². The van der Waals surface area contributed by atoms with Gasteiger partial charge in [0.2, 0.25) is 0 Å². The second-order valence-electron chi connectivity index (χ2n) is 8.47. The Bertz CT molecular complexity index is 984. The predicted octanol–water partition coefficient (Wildman–Crippen LogP) is 4.46. The number of carbonyl (C=O) groups is 1. The number of aliphatic hydroxyl groups is 1. The topological polar surface area (TPSA) is 98.9 Å². The van der Waals surface area contributed by atoms with E-state index in [1.54, 1.807) is 26.8 Å². The van der Waals surface area contributed by atoms with Gasteiger partial charge in [0.15, 0.2) is 5.75 Å². The third kappa shape index (κ3) is 4.57. The normalized spacial score (nSPS) is 18.0. The van der Waals surface area contributed by atoms with E-state index in [9.17, 15) is 20.0 Å². The van der Waals surface area contributed by atoms with Gasteiger partial charge in [-0.25, -0.2) is 4.79 Å². The molecule has 0 unspecified atom stereocenters. The van der Waals surface area contributed by atoms with Crippen LogP contribution in [0.3, 0.4) is 0 Å². The number of nitro groups is 1. The average Bonchev–Trinajstić information content (AvgIpc) is 3.03. The summed E-state index contributed by atoms with van der Waals surface area (Å²) in [7, 11) is 0. The molecular formula is C22H24ClNO6. The van der Waals surface area contributed by atoms with Crippen LogP contribution in [0.5, 0.6) is 5.75 Å². The smallest absolute Gasteiger partial charge is 0.338 e. The molecule has 1 N–H and O–H groups in total. The lowest BCUT2D eigenvalue weighted by Crippen LogP contribution is -2.35. The quantitative estimate of drug-likeness (QED) is 0.410. The number of nitro benzene ring substituents is 1. The number of nitrogens with zero attached hydrogens (tertiary/aromatic N) is 1. The van der Waals surface area contributed by atoms with Crippen molar-refractivity contribution in [3.63, 3.8) is 0 Å². The molecule has 0 radical (unpaired) electrons. The number of ether oxygens (including phenoxy) is 2. The third-order valence-electron chi connectivity index (χ3n) is 5.11. The van der Waals surface area contributed by atoms with Crippen LogP contribution < -0.4 is 4.74 Å². The number of fused-ring (bicyclic) bond motifs is 1. The first-order valence-electron chi connectivity index (χ1n) is 9.59. The molecule has 0 amide bonds. The van der Waals surface area contributed by atoms with Crippen molar-refractivity contribution >= 4 is 23.3 Å². The summed E-state index contributed by atoms with van der Waals surface area (Å²) in [6.07, 6.45) is 1.38. The van der Waals surface area contributed by atoms with Crippen molar-refractivity contribution in [1.29, 1.82) is 0 Å². The highest BCUT2D eigenvalue weighted by Crippen LogP contribution is 2.41. The zero-order chi connectivity index (χ0) is 22.1. The molecule has 0 heterocycles. The van der Waals surface area contributed by atoms with Crippen molar-refractivity contribution in [3.8, 4) is 5.75 Å². The summed E-state index contributed by atoms with van der Waals surface area (Å²) in [5.74, 6) is -0.617. The second kappa shape index (κ2) is 8.24. The molecule has 8 heteroatoms. The van der Waals surface area contributed by atoms with Crippen LogP contribution in [0.2, 0.25) is 5.02 Å². The minimum Gasteiger partial charge on any atom is -0.486 e. The fourth-order valence-corrected chi connectivity index (χ4v) is 3.81. The summed E-state index contributed by atoms with van der Waals surface area (Å²) >= 11 is 6.06. The van der Waals surface area contributed by atoms with Crippen LogP contribution in [0.25, 0.3) is 0 Å². The molecule has 0 bridgehead atoms. The standard InChI is InChI=1S/C22H24ClNO6/c1-21(2,3)30-20(26)15-4-7-19(18(11-15)24(27)28)29-13-22(12-25)9-8-14-10-16(23)5-6-17(14)22/h4-7,10-11,25H,8-9,12-13H2,1-3H3/t22-/m0/s1. The molecule has 0 spiro atoms. The van der Waals surface area contributed by atoms with E-state index in [0.717, 1.165) is 23.6 Å². The lowest BCUT2D eigenvalue weighted by Gasteiger charge is -2.28. The summed E-state index contributed by atoms with van der Waals surface area (Å²) in [5, 5.41) is 22.3. The first kappa shape index (κ1) is 22.1. The molecule has 0 saturated carbocycles. The third-order valence-corrected chi connectivity index (χ3v) is 5.34. The number of carbonyl (C=O) groups excluding carboxylic acids is 1. The Hall–Kier alpha value is -2.64. The Labute approximate surface area is 179 Å². The summed E-state index contributed by atoms with van der Waals surface area (Å²) in [5.41, 5.74) is 0.324. The lowest BCUT2D eigenvalue weighted by molar-refractivity contribution is -0.386. The molecule has 160 valence electrons. The SMILES string of the molecule is CC(C)(C)OC(=O)c1ccc(OC[C@@]2(CO)CCc3cc(Cl)ccc32)c([N+](=O)[O-])c1. The van der Waals surface area contributed by atoms with Crippen LogP contribution in [-0.4, -0.2) is 34.8 Å². The molecule has 1 atom stereocenters. The van der Waals surface area contributed by atoms with E-state index >= 15 is 0 Å². The number of benzene rings is 2. The second-order valence-corrected chi connectivity index (χ2v) is 8.91. The van der Waals surface area contributed by atoms with E-state index in [1.165, 1.54) is 12.1 Å². The van der Waals surface area contributed by atoms with Crippen LogP contribution in [0, 0.1) is 10.1 Å². The molecule has 2 aromatic carbocycles. The van der Waals surface area contributed by atoms with Crippen molar-refractivity contribution in [2.24, 2.45) is 0 Å². The molecule has 3 rings (SSSR count). The van der Waals surface area contributed by atoms with Gasteiger partial charge in [0.05, 0.1) is 22.5 Å². The number of aryl methyl sites for hydroxylation is 1. The minimum atomic E-state index is -0.715. The Morgan fingerprint density at radius 2 is 2.00 bits per heavy atom. The maximum atomic E-state index is 12.2. The zero-order valence-corrected chi connectivity index (χ0v) is 17.9. The molecular weight excluding hydrogens is 410 g/mol. The molecule has 1 aliphatic carbocycles. The number of esters is 1. The van der Waals surface area contributed by atoms with E-state index < -0.39 is 21.9 Å². The molecule has 0 fully saturated rings. The zero-order valence-electron chi connectivity index (χ0n) is 17.1. The van der Waals surface area contributed by atoms with E-state index in [1.807, 2.05) is 12.1 Å². The van der Waals surface area contributed by atoms with Crippen molar-refractivity contribution in [2.75, 3.05) is 13.2 Å². The fourth-order valence-electron chi connectivity index (χ4n) is 3.62. The number of aliphatic hydroxyl groups excluding tert-OH is 1. The summed E-state index contributed by atoms with van der Waals surface area (Å²) in [6.45, 7) is 5.06. The summed E-state index contributed by atoms with van der Waals surface area (Å²) in [4.78, 5) is 23.2. The van der Waals surface area contributed by atoms with E-state index in [-0.39, 0.29) is 30.2 Å². The van der Waals surface area contributed by atoms with Crippen LogP contribution in [0.15, 0.2) is 36.4 Å². The molecule has 1 aliphatic rings. The lowest BCUT2D eigenvalue weighted by atomic mass is 9.83. The molecule has 7 nitrogen and oxygen atoms in total. The average molecular weight is 434 g/mol. The van der Waals surface area contributed by atoms with E-state index in [4.69, 9.17) is 21.1 Å². The van der Waals surface area contributed by atoms with Crippen molar-refractivity contribution in [2.45, 2.75) is 44.6 Å². The van der Waals surface area contributed by atoms with Gasteiger partial charge in [0, 0.05) is 11.1 Å². The van der Waals surface area contributed by atoms with Gasteiger partial charge in [-0.3, -0.25) is 10.1 Å². The van der Waals surface area contributed by atoms with Crippen molar-refractivity contribution in [3.05, 3.63) is 68.2 Å². The molecule has 2 aromatic rings. The summed E-state index contributed by atoms with van der Waals surface area (Å²) < 4.78 is 11.1. The number of hydrogen-bond donors (Lipinski definition) is 1. The van der Waals surface area contributed by atoms with Gasteiger partial charge in [-0.15, -0.1) is 0 Å². The van der Waals surface area contributed by atoms with Gasteiger partial charge in [0.1, 0.15) is 12.2 Å². The first-order valence-corrected chi connectivity index (χ1v) is 9.97. The van der Waals surface area contributed by atoms with Crippen LogP contribution >= 0.6 is 11.6 Å². The van der Waals surface area contributed by atoms with Crippen LogP contribution in [0.1, 0.15) is 48.7 Å². The van der Waals surface area contributed by atoms with E-state index in [2.05, 4.69) is 0 Å². The van der Waals surface area contributed by atoms with Crippen LogP contribution in [-0.2, 0) is 16.6 Å². The highest BCUT2D eigenvalue weighted by Gasteiger charge is 2.39. The van der Waals surface area contributed by atoms with Gasteiger partial charge >= 0.3 is 11.7 Å². The Kier molecular flexibility index (Phi) is 6.06. The molecule has 0 aliphatic heterocycles. The monoisotopic (exact) mass is 433 g/mol. The first-order chi connectivity index (χ1) is 14.0. The maximum Gasteiger partial charge on any atom is 0.338 e. The largest absolute Gasteiger partial charge is 0.486 e. The van der Waals surface area contributed by atoms with Gasteiger partial charge in [-0.2, -0.15) is 0 Å². The molecule has 0 saturated heterocycles. The Balaban J connectivity index is 1.85. The maximum absolute atomic E-state index is 12.2. The highest BCUT2D eigenvalue weighted by atomic mass is 35.5. The Morgan fingerprint density at radius 1 is 1.27 bits per heavy atom. The fraction of sp³-hybridized carbons (Fsp3) is 0.409.